The van der Waals surface area contributed by atoms with Crippen molar-refractivity contribution < 1.29 is 9.59 Å². The summed E-state index contributed by atoms with van der Waals surface area (Å²) in [6.45, 7) is 4.60. The standard InChI is InChI=1S/C24H26ClN5O2S/c1-15-6-9-17(10-7-15)23(32)30-12-4-5-20(30)22-27-28-24(29(22)3)33-14-21(31)26-18-11-8-16(2)19(25)13-18/h6-11,13,20H,4-5,12,14H2,1-3H3,(H,26,31). The van der Waals surface area contributed by atoms with Gasteiger partial charge in [-0.05, 0) is 56.5 Å². The highest BCUT2D eigenvalue weighted by Crippen LogP contribution is 2.33. The third kappa shape index (κ3) is 5.23. The molecule has 2 amide bonds. The summed E-state index contributed by atoms with van der Waals surface area (Å²) in [5.74, 6) is 0.780. The molecule has 9 heteroatoms. The van der Waals surface area contributed by atoms with Crippen molar-refractivity contribution in [2.75, 3.05) is 17.6 Å². The van der Waals surface area contributed by atoms with Crippen LogP contribution in [-0.4, -0.2) is 43.8 Å². The number of aryl methyl sites for hydroxylation is 2. The van der Waals surface area contributed by atoms with Crippen LogP contribution < -0.4 is 5.32 Å². The first-order valence-corrected chi connectivity index (χ1v) is 12.2. The van der Waals surface area contributed by atoms with Crippen LogP contribution in [0.25, 0.3) is 0 Å². The molecule has 1 N–H and O–H groups in total. The van der Waals surface area contributed by atoms with Gasteiger partial charge in [0.05, 0.1) is 11.8 Å². The van der Waals surface area contributed by atoms with Crippen molar-refractivity contribution in [2.24, 2.45) is 7.05 Å². The fourth-order valence-corrected chi connectivity index (χ4v) is 4.78. The maximum atomic E-state index is 13.1. The van der Waals surface area contributed by atoms with Crippen LogP contribution in [0, 0.1) is 13.8 Å². The molecule has 172 valence electrons. The van der Waals surface area contributed by atoms with Crippen LogP contribution in [0.2, 0.25) is 5.02 Å². The monoisotopic (exact) mass is 483 g/mol. The van der Waals surface area contributed by atoms with Crippen molar-refractivity contribution in [3.05, 3.63) is 70.0 Å². The van der Waals surface area contributed by atoms with E-state index in [2.05, 4.69) is 15.5 Å². The number of nitrogens with zero attached hydrogens (tertiary/aromatic N) is 4. The van der Waals surface area contributed by atoms with Crippen LogP contribution >= 0.6 is 23.4 Å². The number of rotatable bonds is 6. The number of carbonyl (C=O) groups is 2. The predicted molar refractivity (Wildman–Crippen MR) is 131 cm³/mol. The number of benzene rings is 2. The van der Waals surface area contributed by atoms with Crippen molar-refractivity contribution in [3.63, 3.8) is 0 Å². The normalized spacial score (nSPS) is 15.6. The third-order valence-electron chi connectivity index (χ3n) is 5.77. The van der Waals surface area contributed by atoms with Gasteiger partial charge in [0.1, 0.15) is 0 Å². The van der Waals surface area contributed by atoms with Crippen LogP contribution in [0.1, 0.15) is 46.2 Å². The summed E-state index contributed by atoms with van der Waals surface area (Å²) in [5.41, 5.74) is 3.41. The van der Waals surface area contributed by atoms with E-state index in [1.54, 1.807) is 6.07 Å². The summed E-state index contributed by atoms with van der Waals surface area (Å²) >= 11 is 7.44. The number of halogens is 1. The van der Waals surface area contributed by atoms with E-state index in [0.717, 1.165) is 29.8 Å². The maximum absolute atomic E-state index is 13.1. The third-order valence-corrected chi connectivity index (χ3v) is 7.19. The van der Waals surface area contributed by atoms with E-state index in [0.29, 0.717) is 28.0 Å². The second-order valence-electron chi connectivity index (χ2n) is 8.22. The van der Waals surface area contributed by atoms with E-state index in [9.17, 15) is 9.59 Å². The van der Waals surface area contributed by atoms with Crippen molar-refractivity contribution in [1.82, 2.24) is 19.7 Å². The Morgan fingerprint density at radius 1 is 1.15 bits per heavy atom. The lowest BCUT2D eigenvalue weighted by atomic mass is 10.1. The zero-order valence-electron chi connectivity index (χ0n) is 18.8. The Balaban J connectivity index is 1.41. The van der Waals surface area contributed by atoms with Gasteiger partial charge in [-0.1, -0.05) is 47.1 Å². The summed E-state index contributed by atoms with van der Waals surface area (Å²) in [7, 11) is 1.88. The second-order valence-corrected chi connectivity index (χ2v) is 9.57. The lowest BCUT2D eigenvalue weighted by Crippen LogP contribution is -2.31. The van der Waals surface area contributed by atoms with Gasteiger partial charge in [-0.15, -0.1) is 10.2 Å². The van der Waals surface area contributed by atoms with Crippen molar-refractivity contribution in [3.8, 4) is 0 Å². The summed E-state index contributed by atoms with van der Waals surface area (Å²) in [6.07, 6.45) is 1.75. The molecule has 2 heterocycles. The molecule has 2 aromatic carbocycles. The maximum Gasteiger partial charge on any atom is 0.254 e. The van der Waals surface area contributed by atoms with Gasteiger partial charge in [0.15, 0.2) is 11.0 Å². The molecule has 7 nitrogen and oxygen atoms in total. The smallest absolute Gasteiger partial charge is 0.254 e. The van der Waals surface area contributed by atoms with Crippen LogP contribution in [0.5, 0.6) is 0 Å². The Labute approximate surface area is 202 Å². The highest BCUT2D eigenvalue weighted by molar-refractivity contribution is 7.99. The van der Waals surface area contributed by atoms with E-state index in [-0.39, 0.29) is 23.6 Å². The molecule has 3 aromatic rings. The summed E-state index contributed by atoms with van der Waals surface area (Å²) in [5, 5.41) is 12.7. The number of thioether (sulfide) groups is 1. The SMILES string of the molecule is Cc1ccc(C(=O)N2CCCC2c2nnc(SCC(=O)Nc3ccc(C)c(Cl)c3)n2C)cc1. The molecule has 0 saturated carbocycles. The largest absolute Gasteiger partial charge is 0.328 e. The fourth-order valence-electron chi connectivity index (χ4n) is 3.88. The molecular weight excluding hydrogens is 458 g/mol. The Hall–Kier alpha value is -2.84. The molecule has 1 unspecified atom stereocenters. The van der Waals surface area contributed by atoms with Crippen LogP contribution in [0.15, 0.2) is 47.6 Å². The summed E-state index contributed by atoms with van der Waals surface area (Å²) in [4.78, 5) is 27.4. The zero-order chi connectivity index (χ0) is 23.5. The molecule has 0 aliphatic carbocycles. The van der Waals surface area contributed by atoms with Gasteiger partial charge in [0.2, 0.25) is 5.91 Å². The zero-order valence-corrected chi connectivity index (χ0v) is 20.4. The summed E-state index contributed by atoms with van der Waals surface area (Å²) < 4.78 is 1.88. The van der Waals surface area contributed by atoms with Crippen LogP contribution in [-0.2, 0) is 11.8 Å². The van der Waals surface area contributed by atoms with Crippen LogP contribution in [0.4, 0.5) is 5.69 Å². The lowest BCUT2D eigenvalue weighted by Gasteiger charge is -2.24. The molecule has 1 aromatic heterocycles. The number of carbonyl (C=O) groups excluding carboxylic acids is 2. The van der Waals surface area contributed by atoms with E-state index in [4.69, 9.17) is 11.6 Å². The number of aromatic nitrogens is 3. The Bertz CT molecular complexity index is 1180. The first kappa shape index (κ1) is 23.3. The van der Waals surface area contributed by atoms with Gasteiger partial charge in [-0.3, -0.25) is 9.59 Å². The first-order valence-electron chi connectivity index (χ1n) is 10.8. The predicted octanol–water partition coefficient (Wildman–Crippen LogP) is 4.79. The first-order chi connectivity index (χ1) is 15.8. The van der Waals surface area contributed by atoms with Gasteiger partial charge >= 0.3 is 0 Å². The number of hydrogen-bond donors (Lipinski definition) is 1. The number of anilines is 1. The Morgan fingerprint density at radius 3 is 2.64 bits per heavy atom. The second kappa shape index (κ2) is 9.97. The average Bonchev–Trinajstić information content (AvgIpc) is 3.41. The minimum Gasteiger partial charge on any atom is -0.328 e. The number of amides is 2. The molecule has 0 radical (unpaired) electrons. The lowest BCUT2D eigenvalue weighted by molar-refractivity contribution is -0.113. The number of nitrogens with one attached hydrogen (secondary N) is 1. The highest BCUT2D eigenvalue weighted by atomic mass is 35.5. The van der Waals surface area contributed by atoms with Gasteiger partial charge in [-0.25, -0.2) is 0 Å². The molecule has 4 rings (SSSR count). The van der Waals surface area contributed by atoms with E-state index in [1.165, 1.54) is 11.8 Å². The molecule has 0 spiro atoms. The number of likely N-dealkylation sites (tertiary alicyclic amines) is 1. The van der Waals surface area contributed by atoms with Gasteiger partial charge in [0, 0.05) is 29.9 Å². The highest BCUT2D eigenvalue weighted by Gasteiger charge is 2.34. The molecule has 1 saturated heterocycles. The Kier molecular flexibility index (Phi) is 7.05. The van der Waals surface area contributed by atoms with Gasteiger partial charge in [-0.2, -0.15) is 0 Å². The minimum atomic E-state index is -0.151. The molecule has 1 atom stereocenters. The molecule has 1 aliphatic heterocycles. The van der Waals surface area contributed by atoms with Crippen LogP contribution in [0.3, 0.4) is 0 Å². The topological polar surface area (TPSA) is 80.1 Å². The van der Waals surface area contributed by atoms with E-state index >= 15 is 0 Å². The molecular formula is C24H26ClN5O2S. The van der Waals surface area contributed by atoms with Gasteiger partial charge < -0.3 is 14.8 Å². The van der Waals surface area contributed by atoms with Crippen molar-refractivity contribution in [1.29, 1.82) is 0 Å². The van der Waals surface area contributed by atoms with Crippen molar-refractivity contribution in [2.45, 2.75) is 37.9 Å². The van der Waals surface area contributed by atoms with E-state index in [1.807, 2.05) is 66.8 Å². The fraction of sp³-hybridized carbons (Fsp3) is 0.333. The average molecular weight is 484 g/mol. The quantitative estimate of drug-likeness (QED) is 0.510. The van der Waals surface area contributed by atoms with Gasteiger partial charge in [0.25, 0.3) is 5.91 Å². The molecule has 0 bridgehead atoms. The number of hydrogen-bond acceptors (Lipinski definition) is 5. The molecule has 1 aliphatic rings. The Morgan fingerprint density at radius 2 is 1.91 bits per heavy atom. The van der Waals surface area contributed by atoms with E-state index < -0.39 is 0 Å². The molecule has 33 heavy (non-hydrogen) atoms. The summed E-state index contributed by atoms with van der Waals surface area (Å²) in [6, 6.07) is 12.9. The molecule has 1 fully saturated rings. The minimum absolute atomic E-state index is 0.00541. The van der Waals surface area contributed by atoms with Crippen molar-refractivity contribution >= 4 is 40.9 Å².